The number of nitrogens with one attached hydrogen (secondary N) is 1. The molecule has 1 heterocycles. The van der Waals surface area contributed by atoms with E-state index in [4.69, 9.17) is 11.6 Å². The van der Waals surface area contributed by atoms with Crippen LogP contribution >= 0.6 is 27.5 Å². The van der Waals surface area contributed by atoms with Gasteiger partial charge >= 0.3 is 0 Å². The minimum Gasteiger partial charge on any atom is -0.339 e. The van der Waals surface area contributed by atoms with Crippen molar-refractivity contribution < 1.29 is 4.79 Å². The number of aryl methyl sites for hydroxylation is 1. The Kier molecular flexibility index (Phi) is 3.61. The minimum absolute atomic E-state index is 0.0898. The predicted octanol–water partition coefficient (Wildman–Crippen LogP) is 4.80. The van der Waals surface area contributed by atoms with E-state index in [0.29, 0.717) is 16.8 Å². The van der Waals surface area contributed by atoms with Gasteiger partial charge in [-0.05, 0) is 65.5 Å². The van der Waals surface area contributed by atoms with Crippen LogP contribution in [0.25, 0.3) is 0 Å². The van der Waals surface area contributed by atoms with E-state index in [-0.39, 0.29) is 5.91 Å². The summed E-state index contributed by atoms with van der Waals surface area (Å²) in [5.74, 6) is -0.0898. The van der Waals surface area contributed by atoms with Gasteiger partial charge in [0.1, 0.15) is 5.69 Å². The Hall–Kier alpha value is -1.26. The number of benzene rings is 1. The molecule has 1 amide bonds. The highest BCUT2D eigenvalue weighted by molar-refractivity contribution is 9.10. The third-order valence-electron chi connectivity index (χ3n) is 3.42. The Balaban J connectivity index is 1.86. The molecule has 1 aliphatic rings. The van der Waals surface area contributed by atoms with Gasteiger partial charge in [0.05, 0.1) is 0 Å². The van der Waals surface area contributed by atoms with Gasteiger partial charge in [-0.15, -0.1) is 0 Å². The van der Waals surface area contributed by atoms with E-state index in [2.05, 4.69) is 21.2 Å². The van der Waals surface area contributed by atoms with Crippen LogP contribution in [0.15, 0.2) is 34.9 Å². The first-order valence-corrected chi connectivity index (χ1v) is 7.66. The van der Waals surface area contributed by atoms with Crippen molar-refractivity contribution in [1.82, 2.24) is 4.57 Å². The molecule has 3 nitrogen and oxygen atoms in total. The largest absolute Gasteiger partial charge is 0.339 e. The van der Waals surface area contributed by atoms with Crippen molar-refractivity contribution in [1.29, 1.82) is 0 Å². The molecule has 1 fully saturated rings. The van der Waals surface area contributed by atoms with Gasteiger partial charge < -0.3 is 9.88 Å². The predicted molar refractivity (Wildman–Crippen MR) is 84.5 cm³/mol. The first-order chi connectivity index (χ1) is 9.54. The molecule has 3 rings (SSSR count). The zero-order chi connectivity index (χ0) is 14.3. The molecule has 0 atom stereocenters. The van der Waals surface area contributed by atoms with Crippen molar-refractivity contribution in [2.75, 3.05) is 5.32 Å². The fourth-order valence-electron chi connectivity index (χ4n) is 2.24. The van der Waals surface area contributed by atoms with E-state index < -0.39 is 0 Å². The molecule has 0 radical (unpaired) electrons. The molecule has 1 aromatic carbocycles. The number of hydrogen-bond acceptors (Lipinski definition) is 1. The van der Waals surface area contributed by atoms with Gasteiger partial charge in [-0.3, -0.25) is 4.79 Å². The summed E-state index contributed by atoms with van der Waals surface area (Å²) in [6.07, 6.45) is 4.25. The normalized spacial score (nSPS) is 14.3. The summed E-state index contributed by atoms with van der Waals surface area (Å²) >= 11 is 9.36. The summed E-state index contributed by atoms with van der Waals surface area (Å²) in [5.41, 5.74) is 2.43. The molecule has 0 aliphatic heterocycles. The molecule has 0 bridgehead atoms. The number of halogens is 2. The number of amides is 1. The second-order valence-electron chi connectivity index (χ2n) is 5.10. The number of carbonyl (C=O) groups excluding carboxylic acids is 1. The van der Waals surface area contributed by atoms with E-state index in [1.807, 2.05) is 35.9 Å². The Morgan fingerprint density at radius 2 is 2.15 bits per heavy atom. The van der Waals surface area contributed by atoms with Gasteiger partial charge in [0.15, 0.2) is 0 Å². The lowest BCUT2D eigenvalue weighted by molar-refractivity contribution is 0.101. The first-order valence-electron chi connectivity index (χ1n) is 6.49. The smallest absolute Gasteiger partial charge is 0.272 e. The van der Waals surface area contributed by atoms with Gasteiger partial charge in [-0.1, -0.05) is 11.6 Å². The molecule has 0 unspecified atom stereocenters. The maximum Gasteiger partial charge on any atom is 0.272 e. The zero-order valence-electron chi connectivity index (χ0n) is 11.0. The lowest BCUT2D eigenvalue weighted by atomic mass is 10.2. The summed E-state index contributed by atoms with van der Waals surface area (Å²) in [5, 5.41) is 3.62. The monoisotopic (exact) mass is 352 g/mol. The van der Waals surface area contributed by atoms with Crippen LogP contribution in [0.4, 0.5) is 5.69 Å². The number of nitrogens with zero attached hydrogens (tertiary/aromatic N) is 1. The van der Waals surface area contributed by atoms with E-state index in [0.717, 1.165) is 28.6 Å². The summed E-state index contributed by atoms with van der Waals surface area (Å²) in [7, 11) is 0. The summed E-state index contributed by atoms with van der Waals surface area (Å²) in [4.78, 5) is 12.4. The molecule has 1 N–H and O–H groups in total. The van der Waals surface area contributed by atoms with Crippen molar-refractivity contribution in [2.24, 2.45) is 0 Å². The Labute approximate surface area is 131 Å². The summed E-state index contributed by atoms with van der Waals surface area (Å²) < 4.78 is 2.98. The number of anilines is 1. The van der Waals surface area contributed by atoms with Crippen LogP contribution in [0.1, 0.15) is 34.9 Å². The molecule has 0 saturated heterocycles. The molecule has 0 spiro atoms. The van der Waals surface area contributed by atoms with Gasteiger partial charge in [0.25, 0.3) is 5.91 Å². The third-order valence-corrected chi connectivity index (χ3v) is 4.09. The molecular weight excluding hydrogens is 340 g/mol. The first kappa shape index (κ1) is 13.7. The van der Waals surface area contributed by atoms with Crippen LogP contribution < -0.4 is 5.32 Å². The lowest BCUT2D eigenvalue weighted by Crippen LogP contribution is -2.16. The van der Waals surface area contributed by atoms with Crippen LogP contribution in [0.3, 0.4) is 0 Å². The van der Waals surface area contributed by atoms with Crippen molar-refractivity contribution in [3.63, 3.8) is 0 Å². The summed E-state index contributed by atoms with van der Waals surface area (Å²) in [6.45, 7) is 1.93. The number of rotatable bonds is 3. The van der Waals surface area contributed by atoms with Crippen molar-refractivity contribution >= 4 is 39.1 Å². The highest BCUT2D eigenvalue weighted by atomic mass is 79.9. The number of hydrogen-bond donors (Lipinski definition) is 1. The minimum atomic E-state index is -0.0898. The Bertz CT molecular complexity index is 677. The molecule has 1 aliphatic carbocycles. The molecule has 20 heavy (non-hydrogen) atoms. The average Bonchev–Trinajstić information content (AvgIpc) is 3.16. The summed E-state index contributed by atoms with van der Waals surface area (Å²) in [6, 6.07) is 7.77. The van der Waals surface area contributed by atoms with Crippen molar-refractivity contribution in [3.05, 3.63) is 51.2 Å². The molecular formula is C15H14BrClN2O. The van der Waals surface area contributed by atoms with E-state index in [9.17, 15) is 4.79 Å². The van der Waals surface area contributed by atoms with Crippen molar-refractivity contribution in [2.45, 2.75) is 25.8 Å². The number of carbonyl (C=O) groups is 1. The van der Waals surface area contributed by atoms with Crippen molar-refractivity contribution in [3.8, 4) is 0 Å². The quantitative estimate of drug-likeness (QED) is 0.845. The van der Waals surface area contributed by atoms with E-state index in [1.54, 1.807) is 6.07 Å². The second kappa shape index (κ2) is 5.26. The fraction of sp³-hybridized carbons (Fsp3) is 0.267. The van der Waals surface area contributed by atoms with Crippen LogP contribution in [0.5, 0.6) is 0 Å². The SMILES string of the molecule is Cc1cc(Cl)ccc1NC(=O)c1cc(Br)cn1C1CC1. The lowest BCUT2D eigenvalue weighted by Gasteiger charge is -2.10. The average molecular weight is 354 g/mol. The Morgan fingerprint density at radius 1 is 1.40 bits per heavy atom. The third kappa shape index (κ3) is 2.76. The van der Waals surface area contributed by atoms with Crippen LogP contribution in [0, 0.1) is 6.92 Å². The fourth-order valence-corrected chi connectivity index (χ4v) is 2.90. The van der Waals surface area contributed by atoms with Crippen LogP contribution in [0.2, 0.25) is 5.02 Å². The highest BCUT2D eigenvalue weighted by Crippen LogP contribution is 2.37. The molecule has 2 aromatic rings. The molecule has 104 valence electrons. The van der Waals surface area contributed by atoms with Gasteiger partial charge in [-0.25, -0.2) is 0 Å². The standard InChI is InChI=1S/C15H14BrClN2O/c1-9-6-11(17)2-5-13(9)18-15(20)14-7-10(16)8-19(14)12-3-4-12/h2,5-8,12H,3-4H2,1H3,(H,18,20). The number of aromatic nitrogens is 1. The topological polar surface area (TPSA) is 34.0 Å². The maximum absolute atomic E-state index is 12.4. The van der Waals surface area contributed by atoms with E-state index >= 15 is 0 Å². The molecule has 1 aromatic heterocycles. The second-order valence-corrected chi connectivity index (χ2v) is 6.45. The van der Waals surface area contributed by atoms with Crippen LogP contribution in [-0.4, -0.2) is 10.5 Å². The molecule has 1 saturated carbocycles. The van der Waals surface area contributed by atoms with Gasteiger partial charge in [0.2, 0.25) is 0 Å². The maximum atomic E-state index is 12.4. The molecule has 5 heteroatoms. The van der Waals surface area contributed by atoms with Crippen LogP contribution in [-0.2, 0) is 0 Å². The van der Waals surface area contributed by atoms with Gasteiger partial charge in [0, 0.05) is 27.4 Å². The van der Waals surface area contributed by atoms with E-state index in [1.165, 1.54) is 0 Å². The van der Waals surface area contributed by atoms with Gasteiger partial charge in [-0.2, -0.15) is 0 Å². The Morgan fingerprint density at radius 3 is 2.80 bits per heavy atom. The zero-order valence-corrected chi connectivity index (χ0v) is 13.3. The highest BCUT2D eigenvalue weighted by Gasteiger charge is 2.27.